The second kappa shape index (κ2) is 6.83. The first-order chi connectivity index (χ1) is 13.1. The molecular weight excluding hydrogens is 347 g/mol. The van der Waals surface area contributed by atoms with Gasteiger partial charge in [0.25, 0.3) is 0 Å². The Balaban J connectivity index is 1.63. The fourth-order valence-electron chi connectivity index (χ4n) is 3.39. The Morgan fingerprint density at radius 3 is 2.67 bits per heavy atom. The van der Waals surface area contributed by atoms with E-state index in [-0.39, 0.29) is 11.7 Å². The standard InChI is InChI=1S/C20H19FN4O2/c1-13-20(26)24(11-14-4-3-5-16(21)10-14)12-18-22-23-19(25(13)18)15-6-8-17(27-2)9-7-15/h3-10,13H,11-12H2,1-2H3/t13-/m0/s1. The number of ether oxygens (including phenoxy) is 1. The van der Waals surface area contributed by atoms with Gasteiger partial charge in [-0.1, -0.05) is 12.1 Å². The van der Waals surface area contributed by atoms with Crippen molar-refractivity contribution >= 4 is 5.91 Å². The molecule has 0 spiro atoms. The van der Waals surface area contributed by atoms with E-state index in [9.17, 15) is 9.18 Å². The summed E-state index contributed by atoms with van der Waals surface area (Å²) in [6, 6.07) is 13.3. The zero-order valence-corrected chi connectivity index (χ0v) is 15.1. The van der Waals surface area contributed by atoms with Gasteiger partial charge >= 0.3 is 0 Å². The molecule has 2 aromatic carbocycles. The Bertz CT molecular complexity index is 984. The van der Waals surface area contributed by atoms with Crippen molar-refractivity contribution in [3.05, 3.63) is 65.7 Å². The molecule has 7 heteroatoms. The molecule has 138 valence electrons. The molecule has 0 saturated heterocycles. The third kappa shape index (κ3) is 3.16. The van der Waals surface area contributed by atoms with Crippen molar-refractivity contribution in [2.75, 3.05) is 7.11 Å². The summed E-state index contributed by atoms with van der Waals surface area (Å²) in [5, 5.41) is 8.58. The molecular formula is C20H19FN4O2. The van der Waals surface area contributed by atoms with Crippen LogP contribution in [0.15, 0.2) is 48.5 Å². The van der Waals surface area contributed by atoms with Crippen LogP contribution in [0.25, 0.3) is 11.4 Å². The van der Waals surface area contributed by atoms with Crippen LogP contribution >= 0.6 is 0 Å². The van der Waals surface area contributed by atoms with E-state index in [0.717, 1.165) is 16.9 Å². The lowest BCUT2D eigenvalue weighted by Gasteiger charge is -2.32. The van der Waals surface area contributed by atoms with Gasteiger partial charge in [0.05, 0.1) is 13.7 Å². The molecule has 0 radical (unpaired) electrons. The van der Waals surface area contributed by atoms with E-state index in [1.165, 1.54) is 12.1 Å². The maximum absolute atomic E-state index is 13.4. The van der Waals surface area contributed by atoms with Gasteiger partial charge in [-0.2, -0.15) is 0 Å². The first-order valence-corrected chi connectivity index (χ1v) is 8.68. The number of aromatic nitrogens is 3. The molecule has 1 aliphatic heterocycles. The molecule has 0 aliphatic carbocycles. The van der Waals surface area contributed by atoms with Crippen molar-refractivity contribution in [1.82, 2.24) is 19.7 Å². The van der Waals surface area contributed by atoms with Crippen LogP contribution in [0, 0.1) is 5.82 Å². The van der Waals surface area contributed by atoms with E-state index >= 15 is 0 Å². The lowest BCUT2D eigenvalue weighted by Crippen LogP contribution is -2.41. The molecule has 6 nitrogen and oxygen atoms in total. The fourth-order valence-corrected chi connectivity index (χ4v) is 3.39. The largest absolute Gasteiger partial charge is 0.497 e. The van der Waals surface area contributed by atoms with Gasteiger partial charge in [-0.3, -0.25) is 9.36 Å². The second-order valence-corrected chi connectivity index (χ2v) is 6.54. The first kappa shape index (κ1) is 17.2. The number of methoxy groups -OCH3 is 1. The van der Waals surface area contributed by atoms with Gasteiger partial charge in [0.15, 0.2) is 11.6 Å². The van der Waals surface area contributed by atoms with Crippen LogP contribution in [0.5, 0.6) is 5.75 Å². The van der Waals surface area contributed by atoms with E-state index in [0.29, 0.717) is 24.7 Å². The summed E-state index contributed by atoms with van der Waals surface area (Å²) in [4.78, 5) is 14.6. The molecule has 0 fully saturated rings. The quantitative estimate of drug-likeness (QED) is 0.711. The van der Waals surface area contributed by atoms with Crippen LogP contribution in [0.1, 0.15) is 24.4 Å². The normalized spacial score (nSPS) is 16.3. The number of halogens is 1. The first-order valence-electron chi connectivity index (χ1n) is 8.68. The molecule has 0 saturated carbocycles. The van der Waals surface area contributed by atoms with Crippen LogP contribution in [-0.4, -0.2) is 32.7 Å². The SMILES string of the molecule is COc1ccc(-c2nnc3n2[C@@H](C)C(=O)N(Cc2cccc(F)c2)C3)cc1. The predicted octanol–water partition coefficient (Wildman–Crippen LogP) is 3.20. The topological polar surface area (TPSA) is 60.3 Å². The second-order valence-electron chi connectivity index (χ2n) is 6.54. The van der Waals surface area contributed by atoms with Crippen LogP contribution in [0.3, 0.4) is 0 Å². The summed E-state index contributed by atoms with van der Waals surface area (Å²) < 4.78 is 20.5. The third-order valence-corrected chi connectivity index (χ3v) is 4.77. The molecule has 1 aromatic heterocycles. The van der Waals surface area contributed by atoms with Crippen LogP contribution in [-0.2, 0) is 17.9 Å². The molecule has 1 amide bonds. The molecule has 2 heterocycles. The number of amides is 1. The average Bonchev–Trinajstić information content (AvgIpc) is 3.10. The molecule has 3 aromatic rings. The fraction of sp³-hybridized carbons (Fsp3) is 0.250. The highest BCUT2D eigenvalue weighted by Crippen LogP contribution is 2.30. The van der Waals surface area contributed by atoms with E-state index < -0.39 is 6.04 Å². The molecule has 1 aliphatic rings. The van der Waals surface area contributed by atoms with Crippen LogP contribution in [0.4, 0.5) is 4.39 Å². The number of fused-ring (bicyclic) bond motifs is 1. The Labute approximate surface area is 156 Å². The summed E-state index contributed by atoms with van der Waals surface area (Å²) in [5.74, 6) is 1.77. The van der Waals surface area contributed by atoms with Crippen molar-refractivity contribution in [1.29, 1.82) is 0 Å². The van der Waals surface area contributed by atoms with Crippen molar-refractivity contribution in [3.63, 3.8) is 0 Å². The minimum atomic E-state index is -0.436. The molecule has 0 bridgehead atoms. The van der Waals surface area contributed by atoms with Crippen molar-refractivity contribution in [2.24, 2.45) is 0 Å². The molecule has 0 N–H and O–H groups in total. The number of nitrogens with zero attached hydrogens (tertiary/aromatic N) is 4. The third-order valence-electron chi connectivity index (χ3n) is 4.77. The van der Waals surface area contributed by atoms with Crippen molar-refractivity contribution < 1.29 is 13.9 Å². The van der Waals surface area contributed by atoms with Crippen molar-refractivity contribution in [3.8, 4) is 17.1 Å². The number of carbonyl (C=O) groups is 1. The van der Waals surface area contributed by atoms with Gasteiger partial charge in [0.2, 0.25) is 5.91 Å². The van der Waals surface area contributed by atoms with Crippen LogP contribution in [0.2, 0.25) is 0 Å². The highest BCUT2D eigenvalue weighted by Gasteiger charge is 2.33. The van der Waals surface area contributed by atoms with Crippen LogP contribution < -0.4 is 4.74 Å². The zero-order valence-electron chi connectivity index (χ0n) is 15.1. The summed E-state index contributed by atoms with van der Waals surface area (Å²) in [6.45, 7) is 2.51. The van der Waals surface area contributed by atoms with Gasteiger partial charge in [-0.25, -0.2) is 4.39 Å². The Hall–Kier alpha value is -3.22. The minimum absolute atomic E-state index is 0.0404. The lowest BCUT2D eigenvalue weighted by molar-refractivity contribution is -0.137. The number of hydrogen-bond donors (Lipinski definition) is 0. The Morgan fingerprint density at radius 1 is 1.19 bits per heavy atom. The van der Waals surface area contributed by atoms with Gasteiger partial charge in [0, 0.05) is 12.1 Å². The highest BCUT2D eigenvalue weighted by molar-refractivity contribution is 5.82. The maximum Gasteiger partial charge on any atom is 0.246 e. The van der Waals surface area contributed by atoms with E-state index in [2.05, 4.69) is 10.2 Å². The number of carbonyl (C=O) groups excluding carboxylic acids is 1. The predicted molar refractivity (Wildman–Crippen MR) is 97.4 cm³/mol. The van der Waals surface area contributed by atoms with E-state index in [4.69, 9.17) is 4.74 Å². The highest BCUT2D eigenvalue weighted by atomic mass is 19.1. The van der Waals surface area contributed by atoms with Crippen molar-refractivity contribution in [2.45, 2.75) is 26.1 Å². The van der Waals surface area contributed by atoms with Gasteiger partial charge in [-0.15, -0.1) is 10.2 Å². The molecule has 4 rings (SSSR count). The van der Waals surface area contributed by atoms with E-state index in [1.54, 1.807) is 18.1 Å². The summed E-state index contributed by atoms with van der Waals surface area (Å²) in [6.07, 6.45) is 0. The molecule has 1 atom stereocenters. The van der Waals surface area contributed by atoms with Gasteiger partial charge in [-0.05, 0) is 48.9 Å². The smallest absolute Gasteiger partial charge is 0.246 e. The zero-order chi connectivity index (χ0) is 19.0. The Kier molecular flexibility index (Phi) is 4.35. The number of benzene rings is 2. The van der Waals surface area contributed by atoms with Gasteiger partial charge < -0.3 is 9.64 Å². The van der Waals surface area contributed by atoms with Gasteiger partial charge in [0.1, 0.15) is 17.6 Å². The lowest BCUT2D eigenvalue weighted by atomic mass is 10.1. The summed E-state index contributed by atoms with van der Waals surface area (Å²) in [5.41, 5.74) is 1.62. The summed E-state index contributed by atoms with van der Waals surface area (Å²) in [7, 11) is 1.61. The average molecular weight is 366 g/mol. The summed E-state index contributed by atoms with van der Waals surface area (Å²) >= 11 is 0. The molecule has 0 unspecified atom stereocenters. The number of hydrogen-bond acceptors (Lipinski definition) is 4. The Morgan fingerprint density at radius 2 is 1.96 bits per heavy atom. The molecule has 27 heavy (non-hydrogen) atoms. The maximum atomic E-state index is 13.4. The monoisotopic (exact) mass is 366 g/mol. The van der Waals surface area contributed by atoms with E-state index in [1.807, 2.05) is 41.8 Å². The minimum Gasteiger partial charge on any atom is -0.497 e. The number of rotatable bonds is 4.